The van der Waals surface area contributed by atoms with Crippen LogP contribution in [-0.2, 0) is 0 Å². The molecule has 1 fully saturated rings. The average Bonchev–Trinajstić information content (AvgIpc) is 2.16. The molecule has 1 saturated heterocycles. The number of hydrogen-bond donors (Lipinski definition) is 2. The molecule has 0 aliphatic carbocycles. The van der Waals surface area contributed by atoms with Gasteiger partial charge in [-0.1, -0.05) is 0 Å². The van der Waals surface area contributed by atoms with Crippen LogP contribution < -0.4 is 5.73 Å². The summed E-state index contributed by atoms with van der Waals surface area (Å²) in [6.45, 7) is 10.7. The van der Waals surface area contributed by atoms with Crippen LogP contribution in [0.5, 0.6) is 0 Å². The van der Waals surface area contributed by atoms with Gasteiger partial charge in [-0.25, -0.2) is 0 Å². The largest absolute Gasteiger partial charge is 0.395 e. The van der Waals surface area contributed by atoms with Crippen molar-refractivity contribution in [3.63, 3.8) is 0 Å². The van der Waals surface area contributed by atoms with Crippen molar-refractivity contribution in [1.29, 1.82) is 0 Å². The van der Waals surface area contributed by atoms with Crippen molar-refractivity contribution >= 4 is 0 Å². The van der Waals surface area contributed by atoms with Crippen molar-refractivity contribution in [2.24, 2.45) is 5.73 Å². The van der Waals surface area contributed by atoms with Crippen molar-refractivity contribution in [3.05, 3.63) is 0 Å². The van der Waals surface area contributed by atoms with Crippen LogP contribution in [0.1, 0.15) is 20.3 Å². The lowest BCUT2D eigenvalue weighted by molar-refractivity contribution is 0.0133. The van der Waals surface area contributed by atoms with Gasteiger partial charge in [-0.15, -0.1) is 0 Å². The van der Waals surface area contributed by atoms with Crippen molar-refractivity contribution < 1.29 is 5.11 Å². The molecule has 0 unspecified atom stereocenters. The number of rotatable bonds is 5. The zero-order chi connectivity index (χ0) is 11.3. The third kappa shape index (κ3) is 3.72. The Hall–Kier alpha value is -0.160. The summed E-state index contributed by atoms with van der Waals surface area (Å²) in [6, 6.07) is 0. The second-order valence-electron chi connectivity index (χ2n) is 4.94. The van der Waals surface area contributed by atoms with Crippen LogP contribution in [0.4, 0.5) is 0 Å². The van der Waals surface area contributed by atoms with E-state index in [9.17, 15) is 0 Å². The van der Waals surface area contributed by atoms with Crippen LogP contribution in [0.3, 0.4) is 0 Å². The van der Waals surface area contributed by atoms with E-state index in [0.29, 0.717) is 0 Å². The summed E-state index contributed by atoms with van der Waals surface area (Å²) < 4.78 is 0. The van der Waals surface area contributed by atoms with Crippen LogP contribution in [0.25, 0.3) is 0 Å². The first-order valence-electron chi connectivity index (χ1n) is 5.88. The van der Waals surface area contributed by atoms with Gasteiger partial charge in [-0.2, -0.15) is 0 Å². The van der Waals surface area contributed by atoms with E-state index >= 15 is 0 Å². The van der Waals surface area contributed by atoms with Crippen LogP contribution in [0, 0.1) is 0 Å². The van der Waals surface area contributed by atoms with Gasteiger partial charge in [0, 0.05) is 31.7 Å². The number of nitrogens with two attached hydrogens (primary N) is 1. The molecule has 0 amide bonds. The van der Waals surface area contributed by atoms with Gasteiger partial charge in [-0.3, -0.25) is 9.80 Å². The van der Waals surface area contributed by atoms with Gasteiger partial charge in [0.1, 0.15) is 0 Å². The van der Waals surface area contributed by atoms with Gasteiger partial charge in [0.15, 0.2) is 0 Å². The first kappa shape index (κ1) is 12.9. The molecular formula is C11H25N3O. The molecule has 0 aromatic heterocycles. The quantitative estimate of drug-likeness (QED) is 0.662. The van der Waals surface area contributed by atoms with Gasteiger partial charge in [-0.05, 0) is 33.4 Å². The van der Waals surface area contributed by atoms with Gasteiger partial charge in [0.25, 0.3) is 0 Å². The molecule has 0 aromatic carbocycles. The molecule has 4 heteroatoms. The predicted octanol–water partition coefficient (Wildman–Crippen LogP) is -0.276. The summed E-state index contributed by atoms with van der Waals surface area (Å²) in [5.41, 5.74) is 5.75. The second-order valence-corrected chi connectivity index (χ2v) is 4.94. The number of hydrogen-bond acceptors (Lipinski definition) is 4. The SMILES string of the molecule is CC1(C)CN(CCO)CCN1CCCN. The van der Waals surface area contributed by atoms with E-state index in [1.807, 2.05) is 0 Å². The third-order valence-electron chi connectivity index (χ3n) is 3.20. The normalized spacial score (nSPS) is 23.2. The highest BCUT2D eigenvalue weighted by molar-refractivity contribution is 4.89. The van der Waals surface area contributed by atoms with Gasteiger partial charge >= 0.3 is 0 Å². The second kappa shape index (κ2) is 5.80. The topological polar surface area (TPSA) is 52.7 Å². The minimum absolute atomic E-state index is 0.211. The average molecular weight is 215 g/mol. The van der Waals surface area contributed by atoms with Gasteiger partial charge in [0.2, 0.25) is 0 Å². The Balaban J connectivity index is 2.43. The summed E-state index contributed by atoms with van der Waals surface area (Å²) in [4.78, 5) is 4.84. The van der Waals surface area contributed by atoms with Crippen molar-refractivity contribution in [1.82, 2.24) is 9.80 Å². The highest BCUT2D eigenvalue weighted by Crippen LogP contribution is 2.20. The molecule has 1 rings (SSSR count). The highest BCUT2D eigenvalue weighted by Gasteiger charge is 2.32. The van der Waals surface area contributed by atoms with E-state index in [-0.39, 0.29) is 12.1 Å². The molecule has 3 N–H and O–H groups in total. The monoisotopic (exact) mass is 215 g/mol. The summed E-state index contributed by atoms with van der Waals surface area (Å²) in [7, 11) is 0. The molecule has 0 aromatic rings. The van der Waals surface area contributed by atoms with Crippen molar-refractivity contribution in [3.8, 4) is 0 Å². The molecule has 0 radical (unpaired) electrons. The molecule has 1 aliphatic rings. The maximum atomic E-state index is 8.92. The number of β-amino-alcohol motifs (C(OH)–C–C–N with tert-alkyl or cyclic N) is 1. The summed E-state index contributed by atoms with van der Waals surface area (Å²) >= 11 is 0. The van der Waals surface area contributed by atoms with Crippen LogP contribution in [-0.4, -0.2) is 66.3 Å². The Bertz CT molecular complexity index is 185. The minimum atomic E-state index is 0.211. The maximum Gasteiger partial charge on any atom is 0.0558 e. The molecule has 1 heterocycles. The van der Waals surface area contributed by atoms with E-state index in [2.05, 4.69) is 23.6 Å². The predicted molar refractivity (Wildman–Crippen MR) is 62.8 cm³/mol. The highest BCUT2D eigenvalue weighted by atomic mass is 16.3. The lowest BCUT2D eigenvalue weighted by Gasteiger charge is -2.47. The molecule has 0 saturated carbocycles. The number of piperazine rings is 1. The summed E-state index contributed by atoms with van der Waals surface area (Å²) in [6.07, 6.45) is 1.07. The van der Waals surface area contributed by atoms with E-state index in [1.165, 1.54) is 0 Å². The van der Waals surface area contributed by atoms with Crippen LogP contribution in [0.15, 0.2) is 0 Å². The number of aliphatic hydroxyl groups excluding tert-OH is 1. The Morgan fingerprint density at radius 3 is 2.53 bits per heavy atom. The zero-order valence-corrected chi connectivity index (χ0v) is 10.1. The van der Waals surface area contributed by atoms with Gasteiger partial charge in [0.05, 0.1) is 6.61 Å². The fourth-order valence-electron chi connectivity index (χ4n) is 2.32. The van der Waals surface area contributed by atoms with Crippen molar-refractivity contribution in [2.75, 3.05) is 45.9 Å². The third-order valence-corrected chi connectivity index (χ3v) is 3.20. The molecule has 15 heavy (non-hydrogen) atoms. The van der Waals surface area contributed by atoms with E-state index in [1.54, 1.807) is 0 Å². The number of aliphatic hydroxyl groups is 1. The van der Waals surface area contributed by atoms with E-state index in [0.717, 1.165) is 45.7 Å². The number of nitrogens with zero attached hydrogens (tertiary/aromatic N) is 2. The Morgan fingerprint density at radius 2 is 2.00 bits per heavy atom. The van der Waals surface area contributed by atoms with Gasteiger partial charge < -0.3 is 10.8 Å². The first-order valence-corrected chi connectivity index (χ1v) is 5.88. The lowest BCUT2D eigenvalue weighted by atomic mass is 9.98. The standard InChI is InChI=1S/C11H25N3O/c1-11(2)10-13(8-9-15)6-7-14(11)5-3-4-12/h15H,3-10,12H2,1-2H3. The molecule has 90 valence electrons. The first-order chi connectivity index (χ1) is 7.10. The van der Waals surface area contributed by atoms with Crippen LogP contribution in [0.2, 0.25) is 0 Å². The fourth-order valence-corrected chi connectivity index (χ4v) is 2.32. The molecule has 1 aliphatic heterocycles. The molecule has 0 spiro atoms. The van der Waals surface area contributed by atoms with E-state index in [4.69, 9.17) is 10.8 Å². The Labute approximate surface area is 93.0 Å². The molecule has 0 atom stereocenters. The summed E-state index contributed by atoms with van der Waals surface area (Å²) in [5, 5.41) is 8.92. The molecule has 4 nitrogen and oxygen atoms in total. The summed E-state index contributed by atoms with van der Waals surface area (Å²) in [5.74, 6) is 0. The molecule has 0 bridgehead atoms. The Morgan fingerprint density at radius 1 is 1.27 bits per heavy atom. The fraction of sp³-hybridized carbons (Fsp3) is 1.00. The van der Waals surface area contributed by atoms with E-state index < -0.39 is 0 Å². The molecular weight excluding hydrogens is 190 g/mol. The minimum Gasteiger partial charge on any atom is -0.395 e. The lowest BCUT2D eigenvalue weighted by Crippen LogP contribution is -2.59. The smallest absolute Gasteiger partial charge is 0.0558 e. The maximum absolute atomic E-state index is 8.92. The zero-order valence-electron chi connectivity index (χ0n) is 10.1. The Kier molecular flexibility index (Phi) is 4.99. The van der Waals surface area contributed by atoms with Crippen molar-refractivity contribution in [2.45, 2.75) is 25.8 Å². The van der Waals surface area contributed by atoms with Crippen LogP contribution >= 0.6 is 0 Å².